The maximum Gasteiger partial charge on any atom is -0.0106 e. The van der Waals surface area contributed by atoms with Crippen LogP contribution >= 0.6 is 0 Å². The Hall–Kier alpha value is -1.82. The Labute approximate surface area is 178 Å². The van der Waals surface area contributed by atoms with Gasteiger partial charge in [0.25, 0.3) is 0 Å². The van der Waals surface area contributed by atoms with E-state index in [9.17, 15) is 0 Å². The molecule has 0 radical (unpaired) electrons. The molecule has 0 aromatic heterocycles. The van der Waals surface area contributed by atoms with Crippen molar-refractivity contribution in [2.75, 3.05) is 0 Å². The zero-order valence-corrected chi connectivity index (χ0v) is 19.4. The summed E-state index contributed by atoms with van der Waals surface area (Å²) in [5.41, 5.74) is 4.86. The highest BCUT2D eigenvalue weighted by Crippen LogP contribution is 2.38. The molecule has 0 spiro atoms. The fraction of sp³-hybridized carbons (Fsp3) is 0.517. The topological polar surface area (TPSA) is 0 Å². The summed E-state index contributed by atoms with van der Waals surface area (Å²) in [6.07, 6.45) is 11.3. The Morgan fingerprint density at radius 3 is 1.66 bits per heavy atom. The average Bonchev–Trinajstić information content (AvgIpc) is 2.74. The molecule has 0 nitrogen and oxygen atoms in total. The summed E-state index contributed by atoms with van der Waals surface area (Å²) in [5.74, 6) is 0. The van der Waals surface area contributed by atoms with Crippen LogP contribution in [-0.2, 0) is 18.3 Å². The second-order valence-corrected chi connectivity index (χ2v) is 9.41. The quantitative estimate of drug-likeness (QED) is 0.240. The third-order valence-corrected chi connectivity index (χ3v) is 6.97. The van der Waals surface area contributed by atoms with Crippen LogP contribution in [0.25, 0.3) is 21.5 Å². The Morgan fingerprint density at radius 2 is 1.14 bits per heavy atom. The highest BCUT2D eigenvalue weighted by molar-refractivity contribution is 6.06. The van der Waals surface area contributed by atoms with Crippen LogP contribution < -0.4 is 0 Å². The summed E-state index contributed by atoms with van der Waals surface area (Å²) in [5, 5.41) is 6.01. The highest BCUT2D eigenvalue weighted by atomic mass is 14.2. The van der Waals surface area contributed by atoms with Crippen LogP contribution in [0.4, 0.5) is 0 Å². The first-order chi connectivity index (χ1) is 14.0. The summed E-state index contributed by atoms with van der Waals surface area (Å²) in [6, 6.07) is 16.6. The van der Waals surface area contributed by atoms with Gasteiger partial charge in [-0.05, 0) is 75.8 Å². The number of hydrogen-bond donors (Lipinski definition) is 0. The molecular formula is C29H40. The molecule has 0 heteroatoms. The Bertz CT molecular complexity index is 945. The lowest BCUT2D eigenvalue weighted by Gasteiger charge is -2.25. The summed E-state index contributed by atoms with van der Waals surface area (Å²) in [7, 11) is 0. The summed E-state index contributed by atoms with van der Waals surface area (Å²) >= 11 is 0. The standard InChI is InChI=1S/C29H40/c1-6-9-11-15-25-23-17-13-14-18-24(23)26(16-12-10-7-2)28-21-22(19-20-27(25)28)29(4,5)8-3/h13-14,17-21H,6-12,15-16H2,1-5H3. The monoisotopic (exact) mass is 388 g/mol. The molecule has 156 valence electrons. The van der Waals surface area contributed by atoms with Gasteiger partial charge in [-0.15, -0.1) is 0 Å². The normalized spacial score (nSPS) is 12.2. The Kier molecular flexibility index (Phi) is 7.38. The fourth-order valence-electron chi connectivity index (χ4n) is 4.62. The first kappa shape index (κ1) is 21.9. The molecule has 0 unspecified atom stereocenters. The van der Waals surface area contributed by atoms with Gasteiger partial charge in [0.2, 0.25) is 0 Å². The zero-order valence-electron chi connectivity index (χ0n) is 19.4. The molecule has 29 heavy (non-hydrogen) atoms. The first-order valence-corrected chi connectivity index (χ1v) is 12.0. The van der Waals surface area contributed by atoms with Gasteiger partial charge in [-0.1, -0.05) is 103 Å². The van der Waals surface area contributed by atoms with Gasteiger partial charge in [0.15, 0.2) is 0 Å². The number of rotatable bonds is 10. The van der Waals surface area contributed by atoms with Gasteiger partial charge < -0.3 is 0 Å². The molecule has 0 aliphatic heterocycles. The predicted octanol–water partition coefficient (Wildman–Crippen LogP) is 9.15. The van der Waals surface area contributed by atoms with Gasteiger partial charge in [0.05, 0.1) is 0 Å². The van der Waals surface area contributed by atoms with Crippen molar-refractivity contribution in [2.24, 2.45) is 0 Å². The van der Waals surface area contributed by atoms with Gasteiger partial charge in [0, 0.05) is 0 Å². The van der Waals surface area contributed by atoms with E-state index in [0.717, 1.165) is 0 Å². The molecular weight excluding hydrogens is 348 g/mol. The van der Waals surface area contributed by atoms with Crippen molar-refractivity contribution >= 4 is 21.5 Å². The van der Waals surface area contributed by atoms with E-state index in [1.165, 1.54) is 84.9 Å². The number of benzene rings is 3. The Balaban J connectivity index is 2.27. The van der Waals surface area contributed by atoms with Gasteiger partial charge in [-0.25, -0.2) is 0 Å². The molecule has 0 saturated heterocycles. The van der Waals surface area contributed by atoms with Crippen LogP contribution in [0, 0.1) is 0 Å². The minimum Gasteiger partial charge on any atom is -0.0654 e. The summed E-state index contributed by atoms with van der Waals surface area (Å²) in [6.45, 7) is 11.7. The van der Waals surface area contributed by atoms with Crippen molar-refractivity contribution in [3.63, 3.8) is 0 Å². The summed E-state index contributed by atoms with van der Waals surface area (Å²) in [4.78, 5) is 0. The molecule has 0 bridgehead atoms. The highest BCUT2D eigenvalue weighted by Gasteiger charge is 2.20. The second kappa shape index (κ2) is 9.79. The lowest BCUT2D eigenvalue weighted by Crippen LogP contribution is -2.15. The fourth-order valence-corrected chi connectivity index (χ4v) is 4.62. The first-order valence-electron chi connectivity index (χ1n) is 12.0. The lowest BCUT2D eigenvalue weighted by atomic mass is 9.79. The van der Waals surface area contributed by atoms with Crippen LogP contribution in [-0.4, -0.2) is 0 Å². The van der Waals surface area contributed by atoms with E-state index >= 15 is 0 Å². The molecule has 0 aliphatic rings. The smallest absolute Gasteiger partial charge is 0.0106 e. The molecule has 0 aliphatic carbocycles. The van der Waals surface area contributed by atoms with E-state index in [4.69, 9.17) is 0 Å². The van der Waals surface area contributed by atoms with E-state index in [0.29, 0.717) is 0 Å². The number of aryl methyl sites for hydroxylation is 2. The molecule has 3 aromatic carbocycles. The largest absolute Gasteiger partial charge is 0.0654 e. The molecule has 0 atom stereocenters. The molecule has 0 amide bonds. The van der Waals surface area contributed by atoms with E-state index in [1.807, 2.05) is 0 Å². The predicted molar refractivity (Wildman–Crippen MR) is 131 cm³/mol. The maximum absolute atomic E-state index is 2.54. The van der Waals surface area contributed by atoms with Crippen LogP contribution in [0.1, 0.15) is 96.3 Å². The van der Waals surface area contributed by atoms with Gasteiger partial charge >= 0.3 is 0 Å². The zero-order chi connectivity index (χ0) is 20.9. The van der Waals surface area contributed by atoms with Gasteiger partial charge in [0.1, 0.15) is 0 Å². The molecule has 0 heterocycles. The average molecular weight is 389 g/mol. The molecule has 0 fully saturated rings. The molecule has 0 saturated carbocycles. The number of unbranched alkanes of at least 4 members (excludes halogenated alkanes) is 4. The lowest BCUT2D eigenvalue weighted by molar-refractivity contribution is 0.507. The number of fused-ring (bicyclic) bond motifs is 2. The Morgan fingerprint density at radius 1 is 0.621 bits per heavy atom. The molecule has 3 rings (SSSR count). The van der Waals surface area contributed by atoms with E-state index < -0.39 is 0 Å². The molecule has 3 aromatic rings. The van der Waals surface area contributed by atoms with Crippen molar-refractivity contribution in [1.82, 2.24) is 0 Å². The van der Waals surface area contributed by atoms with Crippen LogP contribution in [0.5, 0.6) is 0 Å². The van der Waals surface area contributed by atoms with Crippen molar-refractivity contribution in [1.29, 1.82) is 0 Å². The van der Waals surface area contributed by atoms with E-state index in [-0.39, 0.29) is 5.41 Å². The van der Waals surface area contributed by atoms with Crippen LogP contribution in [0.15, 0.2) is 42.5 Å². The summed E-state index contributed by atoms with van der Waals surface area (Å²) < 4.78 is 0. The van der Waals surface area contributed by atoms with Gasteiger partial charge in [-0.3, -0.25) is 0 Å². The van der Waals surface area contributed by atoms with E-state index in [1.54, 1.807) is 11.1 Å². The third kappa shape index (κ3) is 4.68. The van der Waals surface area contributed by atoms with Crippen molar-refractivity contribution in [3.8, 4) is 0 Å². The second-order valence-electron chi connectivity index (χ2n) is 9.41. The van der Waals surface area contributed by atoms with Gasteiger partial charge in [-0.2, -0.15) is 0 Å². The minimum absolute atomic E-state index is 0.225. The number of hydrogen-bond acceptors (Lipinski definition) is 0. The molecule has 0 N–H and O–H groups in total. The SMILES string of the molecule is CCCCCc1c2ccccc2c(CCCCC)c2cc(C(C)(C)CC)ccc12. The van der Waals surface area contributed by atoms with Crippen molar-refractivity contribution in [3.05, 3.63) is 59.2 Å². The maximum atomic E-state index is 2.54. The van der Waals surface area contributed by atoms with Crippen LogP contribution in [0.3, 0.4) is 0 Å². The van der Waals surface area contributed by atoms with E-state index in [2.05, 4.69) is 77.1 Å². The van der Waals surface area contributed by atoms with Crippen molar-refractivity contribution in [2.45, 2.75) is 97.8 Å². The van der Waals surface area contributed by atoms with Crippen LogP contribution in [0.2, 0.25) is 0 Å². The van der Waals surface area contributed by atoms with Crippen molar-refractivity contribution < 1.29 is 0 Å². The third-order valence-electron chi connectivity index (χ3n) is 6.97. The minimum atomic E-state index is 0.225.